The molecule has 160 valence electrons. The zero-order chi connectivity index (χ0) is 21.7. The van der Waals surface area contributed by atoms with E-state index in [1.54, 1.807) is 6.07 Å². The molecule has 2 aliphatic rings. The lowest BCUT2D eigenvalue weighted by Crippen LogP contribution is -2.60. The molecule has 1 fully saturated rings. The quantitative estimate of drug-likeness (QED) is 0.334. The number of aliphatic hydroxyl groups excluding tert-OH is 5. The molecule has 6 atom stereocenters. The molecule has 9 heteroatoms. The number of fused-ring (bicyclic) bond motifs is 2. The Hall–Kier alpha value is -2.53. The maximum absolute atomic E-state index is 13.1. The van der Waals surface area contributed by atoms with Gasteiger partial charge in [0.2, 0.25) is 5.78 Å². The lowest BCUT2D eigenvalue weighted by molar-refractivity contribution is -0.232. The van der Waals surface area contributed by atoms with E-state index in [0.717, 1.165) is 0 Å². The van der Waals surface area contributed by atoms with Crippen molar-refractivity contribution in [2.45, 2.75) is 43.0 Å². The number of rotatable bonds is 3. The van der Waals surface area contributed by atoms with Gasteiger partial charge in [0.1, 0.15) is 35.9 Å². The summed E-state index contributed by atoms with van der Waals surface area (Å²) in [5, 5.41) is 71.0. The Kier molecular flexibility index (Phi) is 5.27. The lowest BCUT2D eigenvalue weighted by Gasteiger charge is -2.45. The second-order valence-corrected chi connectivity index (χ2v) is 7.58. The molecule has 7 N–H and O–H groups in total. The van der Waals surface area contributed by atoms with Crippen molar-refractivity contribution in [1.82, 2.24) is 0 Å². The second kappa shape index (κ2) is 7.62. The molecule has 0 spiro atoms. The van der Waals surface area contributed by atoms with Crippen molar-refractivity contribution < 1.29 is 45.3 Å². The second-order valence-electron chi connectivity index (χ2n) is 7.58. The number of carbonyl (C=O) groups excluding carboxylic acids is 1. The monoisotopic (exact) mass is 418 g/mol. The minimum absolute atomic E-state index is 0.0843. The number of ketones is 1. The van der Waals surface area contributed by atoms with Gasteiger partial charge in [-0.1, -0.05) is 18.2 Å². The van der Waals surface area contributed by atoms with Crippen LogP contribution < -0.4 is 0 Å². The summed E-state index contributed by atoms with van der Waals surface area (Å²) >= 11 is 0. The number of hydrogen-bond donors (Lipinski definition) is 7. The van der Waals surface area contributed by atoms with E-state index in [1.165, 1.54) is 24.3 Å². The number of phenols is 2. The molecule has 0 unspecified atom stereocenters. The van der Waals surface area contributed by atoms with Gasteiger partial charge >= 0.3 is 0 Å². The molecular weight excluding hydrogens is 396 g/mol. The first-order valence-electron chi connectivity index (χ1n) is 9.43. The smallest absolute Gasteiger partial charge is 0.201 e. The van der Waals surface area contributed by atoms with Gasteiger partial charge in [0, 0.05) is 5.92 Å². The topological polar surface area (TPSA) is 168 Å². The molecule has 2 aromatic carbocycles. The van der Waals surface area contributed by atoms with Crippen LogP contribution in [-0.4, -0.2) is 78.7 Å². The van der Waals surface area contributed by atoms with E-state index < -0.39 is 61.2 Å². The molecule has 1 saturated heterocycles. The average Bonchev–Trinajstić information content (AvgIpc) is 2.73. The Balaban J connectivity index is 1.96. The van der Waals surface area contributed by atoms with Crippen LogP contribution in [0.5, 0.6) is 11.5 Å². The zero-order valence-corrected chi connectivity index (χ0v) is 15.7. The molecule has 0 amide bonds. The van der Waals surface area contributed by atoms with Crippen LogP contribution in [0.25, 0.3) is 0 Å². The van der Waals surface area contributed by atoms with Crippen LogP contribution in [0, 0.1) is 0 Å². The molecule has 0 radical (unpaired) electrons. The van der Waals surface area contributed by atoms with Crippen LogP contribution in [0.2, 0.25) is 0 Å². The normalized spacial score (nSPS) is 30.6. The minimum atomic E-state index is -1.64. The van der Waals surface area contributed by atoms with Gasteiger partial charge in [-0.3, -0.25) is 4.79 Å². The molecule has 0 saturated carbocycles. The summed E-state index contributed by atoms with van der Waals surface area (Å²) in [6.07, 6.45) is -7.22. The largest absolute Gasteiger partial charge is 0.507 e. The predicted octanol–water partition coefficient (Wildman–Crippen LogP) is -0.891. The number of aromatic hydroxyl groups is 2. The summed E-state index contributed by atoms with van der Waals surface area (Å²) in [6, 6.07) is 7.06. The van der Waals surface area contributed by atoms with E-state index in [-0.39, 0.29) is 28.0 Å². The number of benzene rings is 2. The summed E-state index contributed by atoms with van der Waals surface area (Å²) in [5.41, 5.74) is 0.609. The highest BCUT2D eigenvalue weighted by atomic mass is 16.5. The first-order chi connectivity index (χ1) is 14.3. The number of ether oxygens (including phenoxy) is 1. The highest BCUT2D eigenvalue weighted by molar-refractivity contribution is 6.16. The number of carbonyl (C=O) groups is 1. The van der Waals surface area contributed by atoms with Gasteiger partial charge in [-0.2, -0.15) is 0 Å². The molecular formula is C21H22O9. The van der Waals surface area contributed by atoms with Crippen LogP contribution in [0.4, 0.5) is 0 Å². The van der Waals surface area contributed by atoms with Crippen molar-refractivity contribution in [2.24, 2.45) is 0 Å². The van der Waals surface area contributed by atoms with Crippen LogP contribution >= 0.6 is 0 Å². The Morgan fingerprint density at radius 2 is 1.57 bits per heavy atom. The molecule has 2 aromatic rings. The van der Waals surface area contributed by atoms with Crippen LogP contribution in [0.1, 0.15) is 38.5 Å². The molecule has 30 heavy (non-hydrogen) atoms. The van der Waals surface area contributed by atoms with E-state index in [2.05, 4.69) is 0 Å². The first-order valence-corrected chi connectivity index (χ1v) is 9.43. The maximum atomic E-state index is 13.1. The van der Waals surface area contributed by atoms with Crippen molar-refractivity contribution in [3.05, 3.63) is 58.1 Å². The van der Waals surface area contributed by atoms with Gasteiger partial charge in [0.05, 0.1) is 30.4 Å². The fraction of sp³-hybridized carbons (Fsp3) is 0.381. The Morgan fingerprint density at radius 3 is 2.23 bits per heavy atom. The third kappa shape index (κ3) is 2.99. The van der Waals surface area contributed by atoms with Gasteiger partial charge in [-0.05, 0) is 28.8 Å². The van der Waals surface area contributed by atoms with E-state index >= 15 is 0 Å². The van der Waals surface area contributed by atoms with E-state index in [9.17, 15) is 40.5 Å². The average molecular weight is 418 g/mol. The third-order valence-electron chi connectivity index (χ3n) is 5.85. The Morgan fingerprint density at radius 1 is 0.867 bits per heavy atom. The van der Waals surface area contributed by atoms with Crippen LogP contribution in [-0.2, 0) is 11.3 Å². The fourth-order valence-corrected chi connectivity index (χ4v) is 4.41. The lowest BCUT2D eigenvalue weighted by atomic mass is 9.71. The van der Waals surface area contributed by atoms with Crippen molar-refractivity contribution in [3.63, 3.8) is 0 Å². The highest BCUT2D eigenvalue weighted by Gasteiger charge is 2.50. The minimum Gasteiger partial charge on any atom is -0.507 e. The Bertz CT molecular complexity index is 987. The third-order valence-corrected chi connectivity index (χ3v) is 5.85. The standard InChI is InChI=1S/C21H22O9/c22-6-8-4-10-14(21-20(29)19(28)17(26)13(7-23)30-21)9-2-1-3-11(24)15(9)18(27)16(10)12(25)5-8/h1-5,13-14,17,19-26,28-29H,6-7H2/t13-,14-,17+,19+,20+,21+/m0/s1. The molecule has 0 aromatic heterocycles. The van der Waals surface area contributed by atoms with Gasteiger partial charge in [0.25, 0.3) is 0 Å². The van der Waals surface area contributed by atoms with Crippen molar-refractivity contribution in [3.8, 4) is 11.5 Å². The van der Waals surface area contributed by atoms with Crippen LogP contribution in [0.3, 0.4) is 0 Å². The molecule has 1 heterocycles. The van der Waals surface area contributed by atoms with Crippen molar-refractivity contribution in [1.29, 1.82) is 0 Å². The Labute approximate surface area is 171 Å². The summed E-state index contributed by atoms with van der Waals surface area (Å²) in [5.74, 6) is -2.34. The van der Waals surface area contributed by atoms with Gasteiger partial charge in [-0.15, -0.1) is 0 Å². The molecule has 9 nitrogen and oxygen atoms in total. The summed E-state index contributed by atoms with van der Waals surface area (Å²) in [6.45, 7) is -1.06. The van der Waals surface area contributed by atoms with Gasteiger partial charge in [-0.25, -0.2) is 0 Å². The number of aliphatic hydroxyl groups is 5. The van der Waals surface area contributed by atoms with Gasteiger partial charge in [0.15, 0.2) is 0 Å². The first kappa shape index (κ1) is 20.7. The van der Waals surface area contributed by atoms with E-state index in [1.807, 2.05) is 0 Å². The molecule has 4 rings (SSSR count). The fourth-order valence-electron chi connectivity index (χ4n) is 4.41. The van der Waals surface area contributed by atoms with Gasteiger partial charge < -0.3 is 40.5 Å². The molecule has 1 aliphatic carbocycles. The predicted molar refractivity (Wildman–Crippen MR) is 101 cm³/mol. The van der Waals surface area contributed by atoms with E-state index in [0.29, 0.717) is 5.56 Å². The van der Waals surface area contributed by atoms with Crippen LogP contribution in [0.15, 0.2) is 30.3 Å². The van der Waals surface area contributed by atoms with E-state index in [4.69, 9.17) is 4.74 Å². The molecule has 1 aliphatic heterocycles. The highest BCUT2D eigenvalue weighted by Crippen LogP contribution is 2.47. The molecule has 0 bridgehead atoms. The summed E-state index contributed by atoms with van der Waals surface area (Å²) < 4.78 is 5.73. The summed E-state index contributed by atoms with van der Waals surface area (Å²) in [4.78, 5) is 13.1. The zero-order valence-electron chi connectivity index (χ0n) is 15.7. The number of phenolic OH excluding ortho intramolecular Hbond substituents is 2. The van der Waals surface area contributed by atoms with Crippen molar-refractivity contribution >= 4 is 5.78 Å². The number of hydrogen-bond acceptors (Lipinski definition) is 9. The summed E-state index contributed by atoms with van der Waals surface area (Å²) in [7, 11) is 0. The SMILES string of the molecule is O=C1c2c(O)cccc2[C@H]([C@H]2O[C@@H](CO)[C@@H](O)[C@@H](O)[C@H]2O)c2cc(CO)cc(O)c21. The maximum Gasteiger partial charge on any atom is 0.201 e. The van der Waals surface area contributed by atoms with Crippen molar-refractivity contribution in [2.75, 3.05) is 6.61 Å².